The molecule has 17 heavy (non-hydrogen) atoms. The summed E-state index contributed by atoms with van der Waals surface area (Å²) in [6, 6.07) is -0.0589. The quantitative estimate of drug-likeness (QED) is 0.829. The van der Waals surface area contributed by atoms with E-state index >= 15 is 0 Å². The predicted molar refractivity (Wildman–Crippen MR) is 67.3 cm³/mol. The molecule has 4 heteroatoms. The van der Waals surface area contributed by atoms with E-state index in [2.05, 4.69) is 18.7 Å². The summed E-state index contributed by atoms with van der Waals surface area (Å²) in [5, 5.41) is 0. The smallest absolute Gasteiger partial charge is 0.248 e. The summed E-state index contributed by atoms with van der Waals surface area (Å²) >= 11 is 0. The normalized spacial score (nSPS) is 27.2. The van der Waals surface area contributed by atoms with Crippen LogP contribution in [0.15, 0.2) is 0 Å². The predicted octanol–water partition coefficient (Wildman–Crippen LogP) is 2.87. The maximum atomic E-state index is 13.3. The van der Waals surface area contributed by atoms with E-state index in [0.29, 0.717) is 12.8 Å². The van der Waals surface area contributed by atoms with Gasteiger partial charge in [-0.05, 0) is 53.1 Å². The minimum Gasteiger partial charge on any atom is -0.326 e. The van der Waals surface area contributed by atoms with Gasteiger partial charge in [-0.2, -0.15) is 0 Å². The van der Waals surface area contributed by atoms with Gasteiger partial charge in [0.15, 0.2) is 0 Å². The van der Waals surface area contributed by atoms with Crippen molar-refractivity contribution < 1.29 is 8.78 Å². The molecule has 0 aromatic rings. The molecule has 2 atom stereocenters. The number of nitrogens with zero attached hydrogens (tertiary/aromatic N) is 1. The monoisotopic (exact) mass is 248 g/mol. The first kappa shape index (κ1) is 14.8. The summed E-state index contributed by atoms with van der Waals surface area (Å²) in [6.07, 6.45) is 2.29. The van der Waals surface area contributed by atoms with Crippen molar-refractivity contribution in [3.8, 4) is 0 Å². The van der Waals surface area contributed by atoms with Gasteiger partial charge in [0, 0.05) is 24.4 Å². The summed E-state index contributed by atoms with van der Waals surface area (Å²) in [7, 11) is 3.96. The summed E-state index contributed by atoms with van der Waals surface area (Å²) in [5.74, 6) is -2.39. The molecular weight excluding hydrogens is 222 g/mol. The molecule has 1 aliphatic carbocycles. The number of halogens is 2. The van der Waals surface area contributed by atoms with Crippen LogP contribution in [0, 0.1) is 5.92 Å². The molecule has 102 valence electrons. The zero-order valence-electron chi connectivity index (χ0n) is 11.5. The van der Waals surface area contributed by atoms with Crippen molar-refractivity contribution in [3.63, 3.8) is 0 Å². The second-order valence-electron chi connectivity index (χ2n) is 6.21. The molecule has 0 aliphatic heterocycles. The molecule has 0 heterocycles. The standard InChI is InChI=1S/C13H26F2N2/c1-12(2,17(3)4)11(16)8-10-6-5-7-13(14,15)9-10/h10-11H,5-9,16H2,1-4H3. The molecule has 2 unspecified atom stereocenters. The average molecular weight is 248 g/mol. The lowest BCUT2D eigenvalue weighted by atomic mass is 9.78. The highest BCUT2D eigenvalue weighted by Gasteiger charge is 2.38. The molecule has 1 fully saturated rings. The molecule has 2 N–H and O–H groups in total. The maximum absolute atomic E-state index is 13.3. The molecule has 0 spiro atoms. The van der Waals surface area contributed by atoms with E-state index in [1.165, 1.54) is 0 Å². The fourth-order valence-corrected chi connectivity index (χ4v) is 2.46. The van der Waals surface area contributed by atoms with Gasteiger partial charge in [-0.3, -0.25) is 0 Å². The SMILES string of the molecule is CN(C)C(C)(C)C(N)CC1CCCC(F)(F)C1. The van der Waals surface area contributed by atoms with Crippen molar-refractivity contribution in [3.05, 3.63) is 0 Å². The third kappa shape index (κ3) is 3.88. The first-order valence-corrected chi connectivity index (χ1v) is 6.46. The highest BCUT2D eigenvalue weighted by molar-refractivity contribution is 4.92. The van der Waals surface area contributed by atoms with Crippen LogP contribution in [-0.4, -0.2) is 36.5 Å². The van der Waals surface area contributed by atoms with Crippen LogP contribution in [-0.2, 0) is 0 Å². The van der Waals surface area contributed by atoms with Crippen LogP contribution >= 0.6 is 0 Å². The summed E-state index contributed by atoms with van der Waals surface area (Å²) in [6.45, 7) is 4.14. The van der Waals surface area contributed by atoms with Crippen LogP contribution in [0.25, 0.3) is 0 Å². The summed E-state index contributed by atoms with van der Waals surface area (Å²) in [5.41, 5.74) is 6.04. The zero-order valence-corrected chi connectivity index (χ0v) is 11.5. The lowest BCUT2D eigenvalue weighted by Gasteiger charge is -2.40. The first-order chi connectivity index (χ1) is 7.65. The van der Waals surface area contributed by atoms with Crippen LogP contribution < -0.4 is 5.73 Å². The second-order valence-corrected chi connectivity index (χ2v) is 6.21. The number of nitrogens with two attached hydrogens (primary N) is 1. The molecule has 0 bridgehead atoms. The Kier molecular flexibility index (Phi) is 4.53. The molecule has 0 amide bonds. The molecule has 2 nitrogen and oxygen atoms in total. The molecular formula is C13H26F2N2. The number of rotatable bonds is 4. The second kappa shape index (κ2) is 5.19. The Labute approximate surface area is 104 Å². The van der Waals surface area contributed by atoms with Crippen molar-refractivity contribution in [1.29, 1.82) is 0 Å². The van der Waals surface area contributed by atoms with Gasteiger partial charge in [0.25, 0.3) is 0 Å². The van der Waals surface area contributed by atoms with Crippen LogP contribution in [0.3, 0.4) is 0 Å². The molecule has 1 saturated carbocycles. The van der Waals surface area contributed by atoms with Gasteiger partial charge in [-0.25, -0.2) is 8.78 Å². The van der Waals surface area contributed by atoms with Gasteiger partial charge in [0.05, 0.1) is 0 Å². The minimum atomic E-state index is -2.47. The summed E-state index contributed by atoms with van der Waals surface area (Å²) < 4.78 is 26.6. The molecule has 1 aliphatic rings. The first-order valence-electron chi connectivity index (χ1n) is 6.46. The van der Waals surface area contributed by atoms with Gasteiger partial charge in [-0.15, -0.1) is 0 Å². The Balaban J connectivity index is 2.54. The van der Waals surface area contributed by atoms with Crippen molar-refractivity contribution in [1.82, 2.24) is 4.90 Å². The minimum absolute atomic E-state index is 0.0181. The van der Waals surface area contributed by atoms with E-state index in [1.807, 2.05) is 14.1 Å². The Hall–Kier alpha value is -0.220. The van der Waals surface area contributed by atoms with Gasteiger partial charge in [-0.1, -0.05) is 0 Å². The molecule has 0 saturated heterocycles. The van der Waals surface area contributed by atoms with E-state index in [4.69, 9.17) is 5.73 Å². The number of hydrogen-bond acceptors (Lipinski definition) is 2. The van der Waals surface area contributed by atoms with Crippen molar-refractivity contribution >= 4 is 0 Å². The zero-order chi connectivity index (χ0) is 13.3. The summed E-state index contributed by atoms with van der Waals surface area (Å²) in [4.78, 5) is 2.07. The highest BCUT2D eigenvalue weighted by Crippen LogP contribution is 2.39. The third-order valence-electron chi connectivity index (χ3n) is 4.39. The Bertz CT molecular complexity index is 252. The van der Waals surface area contributed by atoms with Gasteiger partial charge in [0.1, 0.15) is 0 Å². The average Bonchev–Trinajstić information content (AvgIpc) is 2.15. The van der Waals surface area contributed by atoms with E-state index < -0.39 is 5.92 Å². The van der Waals surface area contributed by atoms with Crippen molar-refractivity contribution in [2.45, 2.75) is 63.5 Å². The maximum Gasteiger partial charge on any atom is 0.248 e. The van der Waals surface area contributed by atoms with Crippen molar-refractivity contribution in [2.75, 3.05) is 14.1 Å². The van der Waals surface area contributed by atoms with E-state index in [1.54, 1.807) is 0 Å². The van der Waals surface area contributed by atoms with Crippen LogP contribution in [0.1, 0.15) is 46.0 Å². The molecule has 1 rings (SSSR count). The lowest BCUT2D eigenvalue weighted by molar-refractivity contribution is -0.0562. The number of hydrogen-bond donors (Lipinski definition) is 1. The largest absolute Gasteiger partial charge is 0.326 e. The Morgan fingerprint density at radius 2 is 2.00 bits per heavy atom. The molecule has 0 aromatic carbocycles. The number of alkyl halides is 2. The van der Waals surface area contributed by atoms with Crippen LogP contribution in [0.2, 0.25) is 0 Å². The topological polar surface area (TPSA) is 29.3 Å². The fraction of sp³-hybridized carbons (Fsp3) is 1.00. The highest BCUT2D eigenvalue weighted by atomic mass is 19.3. The van der Waals surface area contributed by atoms with E-state index in [9.17, 15) is 8.78 Å². The Morgan fingerprint density at radius 1 is 1.41 bits per heavy atom. The van der Waals surface area contributed by atoms with Crippen LogP contribution in [0.4, 0.5) is 8.78 Å². The van der Waals surface area contributed by atoms with Gasteiger partial charge < -0.3 is 10.6 Å². The number of likely N-dealkylation sites (N-methyl/N-ethyl adjacent to an activating group) is 1. The Morgan fingerprint density at radius 3 is 2.47 bits per heavy atom. The van der Waals surface area contributed by atoms with E-state index in [0.717, 1.165) is 6.42 Å². The van der Waals surface area contributed by atoms with Crippen molar-refractivity contribution in [2.24, 2.45) is 11.7 Å². The van der Waals surface area contributed by atoms with Gasteiger partial charge >= 0.3 is 0 Å². The van der Waals surface area contributed by atoms with E-state index in [-0.39, 0.29) is 30.3 Å². The fourth-order valence-electron chi connectivity index (χ4n) is 2.46. The van der Waals surface area contributed by atoms with Gasteiger partial charge in [0.2, 0.25) is 5.92 Å². The third-order valence-corrected chi connectivity index (χ3v) is 4.39. The lowest BCUT2D eigenvalue weighted by Crippen LogP contribution is -2.54. The van der Waals surface area contributed by atoms with Crippen LogP contribution in [0.5, 0.6) is 0 Å². The molecule has 0 aromatic heterocycles. The molecule has 0 radical (unpaired) electrons.